The van der Waals surface area contributed by atoms with Gasteiger partial charge in [0, 0.05) is 6.42 Å². The van der Waals surface area contributed by atoms with Crippen molar-refractivity contribution >= 4 is 11.9 Å². The Hall–Kier alpha value is -1.06. The molecule has 0 aliphatic carbocycles. The van der Waals surface area contributed by atoms with Gasteiger partial charge < -0.3 is 10.1 Å². The molecule has 2 aliphatic rings. The third-order valence-electron chi connectivity index (χ3n) is 3.34. The summed E-state index contributed by atoms with van der Waals surface area (Å²) < 4.78 is 5.31. The van der Waals surface area contributed by atoms with Crippen LogP contribution in [-0.4, -0.2) is 24.0 Å². The SMILES string of the molecule is CC(C)C1CC(C2CCC(=O)N2)OC1=O. The average molecular weight is 211 g/mol. The highest BCUT2D eigenvalue weighted by Gasteiger charge is 2.42. The molecule has 0 aromatic rings. The molecule has 1 amide bonds. The minimum Gasteiger partial charge on any atom is -0.460 e. The van der Waals surface area contributed by atoms with E-state index in [0.29, 0.717) is 12.3 Å². The molecular weight excluding hydrogens is 194 g/mol. The minimum atomic E-state index is -0.101. The van der Waals surface area contributed by atoms with E-state index in [2.05, 4.69) is 5.32 Å². The molecule has 2 fully saturated rings. The minimum absolute atomic E-state index is 0.00695. The van der Waals surface area contributed by atoms with Crippen LogP contribution in [0.1, 0.15) is 33.1 Å². The Balaban J connectivity index is 1.97. The number of carbonyl (C=O) groups excluding carboxylic acids is 2. The molecule has 2 aliphatic heterocycles. The van der Waals surface area contributed by atoms with Crippen molar-refractivity contribution in [2.75, 3.05) is 0 Å². The van der Waals surface area contributed by atoms with Crippen LogP contribution in [0.15, 0.2) is 0 Å². The van der Waals surface area contributed by atoms with Crippen LogP contribution in [0.25, 0.3) is 0 Å². The second kappa shape index (κ2) is 3.83. The summed E-state index contributed by atoms with van der Waals surface area (Å²) in [7, 11) is 0. The monoisotopic (exact) mass is 211 g/mol. The summed E-state index contributed by atoms with van der Waals surface area (Å²) in [6.45, 7) is 4.06. The molecule has 0 bridgehead atoms. The van der Waals surface area contributed by atoms with Crippen LogP contribution in [0, 0.1) is 11.8 Å². The Morgan fingerprint density at radius 3 is 2.60 bits per heavy atom. The van der Waals surface area contributed by atoms with E-state index in [0.717, 1.165) is 12.8 Å². The van der Waals surface area contributed by atoms with E-state index in [1.807, 2.05) is 13.8 Å². The van der Waals surface area contributed by atoms with E-state index in [4.69, 9.17) is 4.74 Å². The zero-order valence-corrected chi connectivity index (χ0v) is 9.16. The summed E-state index contributed by atoms with van der Waals surface area (Å²) in [5.74, 6) is 0.298. The molecule has 15 heavy (non-hydrogen) atoms. The summed E-state index contributed by atoms with van der Waals surface area (Å²) in [4.78, 5) is 22.6. The first-order valence-corrected chi connectivity index (χ1v) is 5.58. The number of esters is 1. The predicted molar refractivity (Wildman–Crippen MR) is 54.0 cm³/mol. The smallest absolute Gasteiger partial charge is 0.309 e. The molecule has 0 spiro atoms. The van der Waals surface area contributed by atoms with Gasteiger partial charge in [0.25, 0.3) is 0 Å². The maximum atomic E-state index is 11.5. The van der Waals surface area contributed by atoms with E-state index < -0.39 is 0 Å². The van der Waals surface area contributed by atoms with Crippen LogP contribution in [0.2, 0.25) is 0 Å². The highest BCUT2D eigenvalue weighted by atomic mass is 16.6. The number of nitrogens with one attached hydrogen (secondary N) is 1. The number of ether oxygens (including phenoxy) is 1. The number of hydrogen-bond acceptors (Lipinski definition) is 3. The van der Waals surface area contributed by atoms with Gasteiger partial charge in [0.1, 0.15) is 6.10 Å². The summed E-state index contributed by atoms with van der Waals surface area (Å²) in [5.41, 5.74) is 0. The van der Waals surface area contributed by atoms with Crippen LogP contribution in [-0.2, 0) is 14.3 Å². The highest BCUT2D eigenvalue weighted by Crippen LogP contribution is 2.31. The maximum Gasteiger partial charge on any atom is 0.309 e. The van der Waals surface area contributed by atoms with E-state index in [-0.39, 0.29) is 29.9 Å². The fraction of sp³-hybridized carbons (Fsp3) is 0.818. The quantitative estimate of drug-likeness (QED) is 0.689. The van der Waals surface area contributed by atoms with Gasteiger partial charge >= 0.3 is 5.97 Å². The number of cyclic esters (lactones) is 1. The van der Waals surface area contributed by atoms with Crippen molar-refractivity contribution in [3.8, 4) is 0 Å². The molecule has 2 saturated heterocycles. The molecule has 4 nitrogen and oxygen atoms in total. The van der Waals surface area contributed by atoms with Crippen molar-refractivity contribution in [3.63, 3.8) is 0 Å². The topological polar surface area (TPSA) is 55.4 Å². The van der Waals surface area contributed by atoms with E-state index in [1.54, 1.807) is 0 Å². The molecule has 0 aromatic heterocycles. The first-order valence-electron chi connectivity index (χ1n) is 5.58. The zero-order chi connectivity index (χ0) is 11.0. The Labute approximate surface area is 89.4 Å². The van der Waals surface area contributed by atoms with Crippen LogP contribution >= 0.6 is 0 Å². The van der Waals surface area contributed by atoms with Crippen molar-refractivity contribution in [1.82, 2.24) is 5.32 Å². The number of amides is 1. The lowest BCUT2D eigenvalue weighted by atomic mass is 9.91. The molecule has 4 heteroatoms. The van der Waals surface area contributed by atoms with Gasteiger partial charge in [0.2, 0.25) is 5.91 Å². The van der Waals surface area contributed by atoms with Crippen LogP contribution in [0.3, 0.4) is 0 Å². The van der Waals surface area contributed by atoms with Crippen LogP contribution in [0.4, 0.5) is 0 Å². The van der Waals surface area contributed by atoms with Gasteiger partial charge in [-0.3, -0.25) is 9.59 Å². The van der Waals surface area contributed by atoms with Gasteiger partial charge in [0.05, 0.1) is 12.0 Å². The number of hydrogen-bond donors (Lipinski definition) is 1. The fourth-order valence-electron chi connectivity index (χ4n) is 2.34. The lowest BCUT2D eigenvalue weighted by Gasteiger charge is -2.16. The van der Waals surface area contributed by atoms with E-state index in [1.165, 1.54) is 0 Å². The van der Waals surface area contributed by atoms with E-state index in [9.17, 15) is 9.59 Å². The average Bonchev–Trinajstić information content (AvgIpc) is 2.71. The third-order valence-corrected chi connectivity index (χ3v) is 3.34. The van der Waals surface area contributed by atoms with Crippen molar-refractivity contribution in [1.29, 1.82) is 0 Å². The fourth-order valence-corrected chi connectivity index (χ4v) is 2.34. The molecule has 3 atom stereocenters. The van der Waals surface area contributed by atoms with Crippen molar-refractivity contribution in [2.45, 2.75) is 45.3 Å². The third kappa shape index (κ3) is 1.98. The predicted octanol–water partition coefficient (Wildman–Crippen LogP) is 0.853. The summed E-state index contributed by atoms with van der Waals surface area (Å²) in [6.07, 6.45) is 2.00. The van der Waals surface area contributed by atoms with Gasteiger partial charge in [-0.25, -0.2) is 0 Å². The van der Waals surface area contributed by atoms with Crippen LogP contribution in [0.5, 0.6) is 0 Å². The Kier molecular flexibility index (Phi) is 2.67. The standard InChI is InChI=1S/C11H17NO3/c1-6(2)7-5-9(15-11(7)14)8-3-4-10(13)12-8/h6-9H,3-5H2,1-2H3,(H,12,13). The molecule has 0 radical (unpaired) electrons. The molecule has 2 rings (SSSR count). The van der Waals surface area contributed by atoms with Gasteiger partial charge in [-0.05, 0) is 18.8 Å². The largest absolute Gasteiger partial charge is 0.460 e. The molecule has 0 saturated carbocycles. The van der Waals surface area contributed by atoms with Gasteiger partial charge in [0.15, 0.2) is 0 Å². The molecule has 1 N–H and O–H groups in total. The Morgan fingerprint density at radius 2 is 2.13 bits per heavy atom. The lowest BCUT2D eigenvalue weighted by molar-refractivity contribution is -0.146. The van der Waals surface area contributed by atoms with Crippen LogP contribution < -0.4 is 5.32 Å². The second-order valence-electron chi connectivity index (χ2n) is 4.77. The first kappa shape index (κ1) is 10.5. The molecule has 2 heterocycles. The van der Waals surface area contributed by atoms with Gasteiger partial charge in [-0.15, -0.1) is 0 Å². The van der Waals surface area contributed by atoms with E-state index >= 15 is 0 Å². The van der Waals surface area contributed by atoms with Crippen molar-refractivity contribution in [2.24, 2.45) is 11.8 Å². The zero-order valence-electron chi connectivity index (χ0n) is 9.16. The maximum absolute atomic E-state index is 11.5. The molecular formula is C11H17NO3. The van der Waals surface area contributed by atoms with Crippen molar-refractivity contribution in [3.05, 3.63) is 0 Å². The number of rotatable bonds is 2. The summed E-state index contributed by atoms with van der Waals surface area (Å²) in [5, 5.41) is 2.86. The Bertz CT molecular complexity index is 288. The normalized spacial score (nSPS) is 35.8. The van der Waals surface area contributed by atoms with Crippen molar-refractivity contribution < 1.29 is 14.3 Å². The highest BCUT2D eigenvalue weighted by molar-refractivity contribution is 5.79. The Morgan fingerprint density at radius 1 is 1.40 bits per heavy atom. The second-order valence-corrected chi connectivity index (χ2v) is 4.77. The molecule has 0 aromatic carbocycles. The molecule has 3 unspecified atom stereocenters. The lowest BCUT2D eigenvalue weighted by Crippen LogP contribution is -2.36. The summed E-state index contributed by atoms with van der Waals surface area (Å²) >= 11 is 0. The molecule has 84 valence electrons. The number of carbonyl (C=O) groups is 2. The van der Waals surface area contributed by atoms with Gasteiger partial charge in [-0.1, -0.05) is 13.8 Å². The van der Waals surface area contributed by atoms with Gasteiger partial charge in [-0.2, -0.15) is 0 Å². The summed E-state index contributed by atoms with van der Waals surface area (Å²) in [6, 6.07) is 0.0465. The first-order chi connectivity index (χ1) is 7.08.